The van der Waals surface area contributed by atoms with E-state index in [0.717, 1.165) is 25.9 Å². The number of hydrogen-bond acceptors (Lipinski definition) is 4. The van der Waals surface area contributed by atoms with Crippen LogP contribution in [0.4, 0.5) is 0 Å². The van der Waals surface area contributed by atoms with E-state index in [2.05, 4.69) is 28.4 Å². The second-order valence-corrected chi connectivity index (χ2v) is 10.6. The second kappa shape index (κ2) is 11.8. The predicted octanol–water partition coefficient (Wildman–Crippen LogP) is 5.78. The third-order valence-electron chi connectivity index (χ3n) is 7.49. The minimum atomic E-state index is -0.917. The first-order valence-corrected chi connectivity index (χ1v) is 13.1. The van der Waals surface area contributed by atoms with Gasteiger partial charge in [0.1, 0.15) is 5.54 Å². The molecular weight excluding hydrogens is 458 g/mol. The van der Waals surface area contributed by atoms with Gasteiger partial charge in [0.15, 0.2) is 5.78 Å². The summed E-state index contributed by atoms with van der Waals surface area (Å²) in [6, 6.07) is 19.4. The van der Waals surface area contributed by atoms with Crippen LogP contribution in [0.1, 0.15) is 67.3 Å². The average Bonchev–Trinajstić information content (AvgIpc) is 3.27. The van der Waals surface area contributed by atoms with Crippen molar-refractivity contribution in [3.63, 3.8) is 0 Å². The summed E-state index contributed by atoms with van der Waals surface area (Å²) in [7, 11) is 0. The van der Waals surface area contributed by atoms with Crippen molar-refractivity contribution < 1.29 is 9.59 Å². The molecule has 0 aromatic heterocycles. The monoisotopic (exact) mass is 491 g/mol. The van der Waals surface area contributed by atoms with Gasteiger partial charge in [-0.1, -0.05) is 74.0 Å². The Morgan fingerprint density at radius 1 is 1.09 bits per heavy atom. The largest absolute Gasteiger partial charge is 0.336 e. The fraction of sp³-hybridized carbons (Fsp3) is 0.483. The molecule has 2 unspecified atom stereocenters. The molecule has 184 valence electrons. The molecule has 1 N–H and O–H groups in total. The fourth-order valence-electron chi connectivity index (χ4n) is 5.51. The number of likely N-dealkylation sites (tertiary alicyclic amines) is 1. The molecule has 1 aliphatic carbocycles. The van der Waals surface area contributed by atoms with Crippen molar-refractivity contribution in [3.05, 3.63) is 70.7 Å². The molecule has 2 aromatic rings. The molecule has 1 saturated carbocycles. The Bertz CT molecular complexity index is 1040. The maximum atomic E-state index is 13.6. The lowest BCUT2D eigenvalue weighted by Gasteiger charge is -2.29. The zero-order valence-corrected chi connectivity index (χ0v) is 21.0. The lowest BCUT2D eigenvalue weighted by Crippen LogP contribution is -2.51. The Morgan fingerprint density at radius 3 is 2.49 bits per heavy atom. The molecule has 35 heavy (non-hydrogen) atoms. The second-order valence-electron chi connectivity index (χ2n) is 10.2. The number of ketones is 1. The molecule has 2 atom stereocenters. The minimum absolute atomic E-state index is 0.0549. The number of nitrogens with zero attached hydrogens (tertiary/aromatic N) is 2. The summed E-state index contributed by atoms with van der Waals surface area (Å²) in [6.07, 6.45) is 7.25. The van der Waals surface area contributed by atoms with Crippen LogP contribution < -0.4 is 5.32 Å². The van der Waals surface area contributed by atoms with Gasteiger partial charge in [0.25, 0.3) is 0 Å². The molecule has 1 aliphatic heterocycles. The Labute approximate surface area is 213 Å². The van der Waals surface area contributed by atoms with E-state index >= 15 is 0 Å². The summed E-state index contributed by atoms with van der Waals surface area (Å²) in [4.78, 5) is 28.8. The number of benzene rings is 2. The number of nitrogens with one attached hydrogen (secondary N) is 1. The van der Waals surface area contributed by atoms with E-state index in [-0.39, 0.29) is 18.1 Å². The van der Waals surface area contributed by atoms with Gasteiger partial charge in [-0.05, 0) is 48.6 Å². The normalized spacial score (nSPS) is 21.8. The number of hydrogen-bond donors (Lipinski definition) is 1. The van der Waals surface area contributed by atoms with Crippen LogP contribution in [0.2, 0.25) is 5.02 Å². The molecule has 0 radical (unpaired) electrons. The van der Waals surface area contributed by atoms with Crippen molar-refractivity contribution in [2.75, 3.05) is 13.1 Å². The van der Waals surface area contributed by atoms with Gasteiger partial charge in [0.2, 0.25) is 5.91 Å². The highest BCUT2D eigenvalue weighted by molar-refractivity contribution is 6.30. The van der Waals surface area contributed by atoms with Crippen LogP contribution >= 0.6 is 11.6 Å². The Hall–Kier alpha value is -2.68. The van der Waals surface area contributed by atoms with Gasteiger partial charge in [0, 0.05) is 42.6 Å². The van der Waals surface area contributed by atoms with E-state index in [0.29, 0.717) is 35.9 Å². The van der Waals surface area contributed by atoms with Crippen molar-refractivity contribution in [2.45, 2.75) is 63.5 Å². The maximum absolute atomic E-state index is 13.6. The molecule has 5 nitrogen and oxygen atoms in total. The Kier molecular flexibility index (Phi) is 8.59. The molecule has 6 heteroatoms. The summed E-state index contributed by atoms with van der Waals surface area (Å²) in [6.45, 7) is 1.99. The number of carbonyl (C=O) groups is 2. The number of Topliss-reactive ketones (excluding diaryl/α,β-unsaturated/α-hetero) is 1. The molecule has 0 bridgehead atoms. The first-order chi connectivity index (χ1) is 17.0. The van der Waals surface area contributed by atoms with Gasteiger partial charge in [-0.3, -0.25) is 14.5 Å². The molecule has 0 spiro atoms. The third-order valence-corrected chi connectivity index (χ3v) is 7.74. The van der Waals surface area contributed by atoms with Crippen molar-refractivity contribution in [2.24, 2.45) is 11.8 Å². The summed E-state index contributed by atoms with van der Waals surface area (Å²) < 4.78 is 0. The smallest absolute Gasteiger partial charge is 0.224 e. The van der Waals surface area contributed by atoms with E-state index in [9.17, 15) is 14.9 Å². The zero-order valence-electron chi connectivity index (χ0n) is 20.2. The van der Waals surface area contributed by atoms with E-state index in [4.69, 9.17) is 11.6 Å². The van der Waals surface area contributed by atoms with Gasteiger partial charge in [0.05, 0.1) is 6.07 Å². The average molecular weight is 492 g/mol. The van der Waals surface area contributed by atoms with Crippen LogP contribution in [-0.2, 0) is 11.3 Å². The van der Waals surface area contributed by atoms with Gasteiger partial charge in [-0.2, -0.15) is 5.26 Å². The molecule has 2 aliphatic rings. The van der Waals surface area contributed by atoms with Crippen LogP contribution in [0.15, 0.2) is 54.6 Å². The molecule has 2 aromatic carbocycles. The third kappa shape index (κ3) is 6.93. The van der Waals surface area contributed by atoms with Crippen LogP contribution in [0.3, 0.4) is 0 Å². The molecular formula is C29H34ClN3O2. The summed E-state index contributed by atoms with van der Waals surface area (Å²) in [5.74, 6) is -0.204. The first kappa shape index (κ1) is 25.4. The number of halogens is 1. The highest BCUT2D eigenvalue weighted by atomic mass is 35.5. The van der Waals surface area contributed by atoms with Gasteiger partial charge in [-0.25, -0.2) is 0 Å². The number of rotatable bonds is 9. The highest BCUT2D eigenvalue weighted by Crippen LogP contribution is 2.32. The topological polar surface area (TPSA) is 73.2 Å². The fourth-order valence-corrected chi connectivity index (χ4v) is 5.64. The van der Waals surface area contributed by atoms with Crippen LogP contribution in [0.25, 0.3) is 0 Å². The van der Waals surface area contributed by atoms with Crippen molar-refractivity contribution in [1.29, 1.82) is 5.26 Å². The standard InChI is InChI=1S/C29H34ClN3O2/c30-26-13-11-24(12-14-26)27(34)18-25(17-22-7-3-1-4-8-22)28(35)32-29(20-31)15-16-33(21-29)19-23-9-5-2-6-10-23/h2,5-6,9-14,22,25H,1,3-4,7-8,15-19,21H2,(H,32,35). The maximum Gasteiger partial charge on any atom is 0.224 e. The van der Waals surface area contributed by atoms with E-state index in [1.165, 1.54) is 24.8 Å². The van der Waals surface area contributed by atoms with E-state index in [1.54, 1.807) is 24.3 Å². The van der Waals surface area contributed by atoms with Crippen molar-refractivity contribution in [3.8, 4) is 6.07 Å². The van der Waals surface area contributed by atoms with Crippen molar-refractivity contribution >= 4 is 23.3 Å². The summed E-state index contributed by atoms with van der Waals surface area (Å²) >= 11 is 5.98. The number of amides is 1. The van der Waals surface area contributed by atoms with E-state index < -0.39 is 11.5 Å². The van der Waals surface area contributed by atoms with Crippen LogP contribution in [0, 0.1) is 23.2 Å². The van der Waals surface area contributed by atoms with Gasteiger partial charge >= 0.3 is 0 Å². The quantitative estimate of drug-likeness (QED) is 0.451. The highest BCUT2D eigenvalue weighted by Gasteiger charge is 2.41. The first-order valence-electron chi connectivity index (χ1n) is 12.7. The molecule has 4 rings (SSSR count). The molecule has 1 amide bonds. The molecule has 2 fully saturated rings. The lowest BCUT2D eigenvalue weighted by molar-refractivity contribution is -0.127. The lowest BCUT2D eigenvalue weighted by atomic mass is 9.80. The van der Waals surface area contributed by atoms with E-state index in [1.807, 2.05) is 18.2 Å². The Morgan fingerprint density at radius 2 is 1.80 bits per heavy atom. The summed E-state index contributed by atoms with van der Waals surface area (Å²) in [5, 5.41) is 13.7. The zero-order chi connectivity index (χ0) is 24.7. The molecule has 1 heterocycles. The summed E-state index contributed by atoms with van der Waals surface area (Å²) in [5.41, 5.74) is 0.844. The number of carbonyl (C=O) groups excluding carboxylic acids is 2. The predicted molar refractivity (Wildman–Crippen MR) is 138 cm³/mol. The molecule has 1 saturated heterocycles. The SMILES string of the molecule is N#CC1(NC(=O)C(CC(=O)c2ccc(Cl)cc2)CC2CCCCC2)CCN(Cc2ccccc2)C1. The van der Waals surface area contributed by atoms with Gasteiger partial charge < -0.3 is 5.32 Å². The minimum Gasteiger partial charge on any atom is -0.336 e. The Balaban J connectivity index is 1.44. The number of nitriles is 1. The van der Waals surface area contributed by atoms with Gasteiger partial charge in [-0.15, -0.1) is 0 Å². The van der Waals surface area contributed by atoms with Crippen molar-refractivity contribution in [1.82, 2.24) is 10.2 Å². The van der Waals surface area contributed by atoms with Crippen LogP contribution in [0.5, 0.6) is 0 Å². The van der Waals surface area contributed by atoms with Crippen LogP contribution in [-0.4, -0.2) is 35.2 Å².